The van der Waals surface area contributed by atoms with Gasteiger partial charge in [-0.2, -0.15) is 13.2 Å². The van der Waals surface area contributed by atoms with Crippen LogP contribution in [0, 0.1) is 5.82 Å². The molecule has 0 bridgehead atoms. The highest BCUT2D eigenvalue weighted by Crippen LogP contribution is 2.35. The van der Waals surface area contributed by atoms with Crippen LogP contribution in [-0.2, 0) is 6.42 Å². The molecule has 0 atom stereocenters. The third-order valence-electron chi connectivity index (χ3n) is 4.56. The topological polar surface area (TPSA) is 9.23 Å². The molecule has 0 aliphatic heterocycles. The summed E-state index contributed by atoms with van der Waals surface area (Å²) in [6.45, 7) is 0. The maximum atomic E-state index is 14.2. The third kappa shape index (κ3) is 7.24. The van der Waals surface area contributed by atoms with Crippen molar-refractivity contribution < 1.29 is 35.5 Å². The van der Waals surface area contributed by atoms with E-state index in [9.17, 15) is 30.7 Å². The molecule has 0 unspecified atom stereocenters. The smallest absolute Gasteiger partial charge is 0.406 e. The molecule has 0 saturated heterocycles. The summed E-state index contributed by atoms with van der Waals surface area (Å²) < 4.78 is 95.1. The number of halogens is 7. The van der Waals surface area contributed by atoms with Gasteiger partial charge in [-0.25, -0.2) is 4.39 Å². The van der Waals surface area contributed by atoms with Crippen molar-refractivity contribution in [3.63, 3.8) is 0 Å². The van der Waals surface area contributed by atoms with Crippen LogP contribution in [0.3, 0.4) is 0 Å². The van der Waals surface area contributed by atoms with Gasteiger partial charge in [0, 0.05) is 6.42 Å². The van der Waals surface area contributed by atoms with Crippen LogP contribution in [0.25, 0.3) is 11.6 Å². The zero-order chi connectivity index (χ0) is 24.1. The van der Waals surface area contributed by atoms with E-state index < -0.39 is 29.7 Å². The average molecular weight is 466 g/mol. The summed E-state index contributed by atoms with van der Waals surface area (Å²) >= 11 is 0. The molecular formula is C25H17F7O. The van der Waals surface area contributed by atoms with Gasteiger partial charge in [-0.15, -0.1) is 13.2 Å². The fourth-order valence-corrected chi connectivity index (χ4v) is 3.10. The minimum absolute atomic E-state index is 0.324. The van der Waals surface area contributed by atoms with Gasteiger partial charge in [-0.3, -0.25) is 0 Å². The zero-order valence-corrected chi connectivity index (χ0v) is 16.9. The first-order valence-electron chi connectivity index (χ1n) is 9.65. The highest BCUT2D eigenvalue weighted by molar-refractivity contribution is 5.72. The Hall–Kier alpha value is -3.55. The van der Waals surface area contributed by atoms with E-state index in [1.165, 1.54) is 18.2 Å². The van der Waals surface area contributed by atoms with Crippen LogP contribution >= 0.6 is 0 Å². The Morgan fingerprint density at radius 3 is 2.09 bits per heavy atom. The Balaban J connectivity index is 1.82. The predicted molar refractivity (Wildman–Crippen MR) is 112 cm³/mol. The number of rotatable bonds is 6. The molecule has 0 heterocycles. The van der Waals surface area contributed by atoms with Gasteiger partial charge in [0.25, 0.3) is 0 Å². The largest absolute Gasteiger partial charge is 0.573 e. The van der Waals surface area contributed by atoms with Crippen LogP contribution < -0.4 is 4.74 Å². The maximum Gasteiger partial charge on any atom is 0.573 e. The Labute approximate surface area is 185 Å². The van der Waals surface area contributed by atoms with Crippen LogP contribution in [0.4, 0.5) is 30.7 Å². The van der Waals surface area contributed by atoms with Crippen molar-refractivity contribution in [2.45, 2.75) is 19.0 Å². The number of alkyl halides is 6. The fourth-order valence-electron chi connectivity index (χ4n) is 3.10. The molecule has 0 aliphatic rings. The summed E-state index contributed by atoms with van der Waals surface area (Å²) in [5, 5.41) is 0. The zero-order valence-electron chi connectivity index (χ0n) is 16.9. The number of hydrogen-bond donors (Lipinski definition) is 0. The molecule has 0 saturated carbocycles. The van der Waals surface area contributed by atoms with Crippen molar-refractivity contribution in [3.8, 4) is 5.75 Å². The van der Waals surface area contributed by atoms with Gasteiger partial charge in [0.05, 0.1) is 5.57 Å². The first kappa shape index (κ1) is 24.1. The van der Waals surface area contributed by atoms with Crippen LogP contribution in [0.5, 0.6) is 5.75 Å². The highest BCUT2D eigenvalue weighted by Gasteiger charge is 2.35. The normalized spacial score (nSPS) is 12.9. The van der Waals surface area contributed by atoms with Gasteiger partial charge >= 0.3 is 12.5 Å². The van der Waals surface area contributed by atoms with Gasteiger partial charge in [0.1, 0.15) is 11.6 Å². The van der Waals surface area contributed by atoms with Crippen LogP contribution in [-0.4, -0.2) is 12.5 Å². The fraction of sp³-hybridized carbons (Fsp3) is 0.120. The Bertz CT molecular complexity index is 1130. The van der Waals surface area contributed by atoms with Gasteiger partial charge in [0.15, 0.2) is 0 Å². The van der Waals surface area contributed by atoms with Gasteiger partial charge < -0.3 is 4.74 Å². The lowest BCUT2D eigenvalue weighted by molar-refractivity contribution is -0.274. The standard InChI is InChI=1S/C25H17F7O/c26-23-14-9-18(16-20(23)15-17-5-2-1-3-6-17)7-4-8-22(24(27,28)29)19-10-12-21(13-11-19)33-25(30,31)32/h1-14,16H,15H2/b7-4-,22-8+. The number of hydrogen-bond acceptors (Lipinski definition) is 1. The molecule has 0 N–H and O–H groups in total. The summed E-state index contributed by atoms with van der Waals surface area (Å²) in [7, 11) is 0. The lowest BCUT2D eigenvalue weighted by Crippen LogP contribution is -2.17. The average Bonchev–Trinajstić information content (AvgIpc) is 2.73. The molecule has 1 nitrogen and oxygen atoms in total. The van der Waals surface area contributed by atoms with E-state index in [0.717, 1.165) is 42.0 Å². The second kappa shape index (κ2) is 9.94. The van der Waals surface area contributed by atoms with Crippen LogP contribution in [0.15, 0.2) is 84.9 Å². The molecule has 0 aromatic heterocycles. The summed E-state index contributed by atoms with van der Waals surface area (Å²) in [5.74, 6) is -1.05. The lowest BCUT2D eigenvalue weighted by Gasteiger charge is -2.13. The van der Waals surface area contributed by atoms with Gasteiger partial charge in [-0.05, 0) is 52.6 Å². The molecule has 0 spiro atoms. The predicted octanol–water partition coefficient (Wildman–Crippen LogP) is 7.97. The van der Waals surface area contributed by atoms with E-state index in [1.807, 2.05) is 30.3 Å². The highest BCUT2D eigenvalue weighted by atomic mass is 19.4. The SMILES string of the molecule is Fc1ccc(/C=C\C=C(/c2ccc(OC(F)(F)F)cc2)C(F)(F)F)cc1Cc1ccccc1. The number of benzene rings is 3. The third-order valence-corrected chi connectivity index (χ3v) is 4.56. The van der Waals surface area contributed by atoms with Crippen LogP contribution in [0.2, 0.25) is 0 Å². The summed E-state index contributed by atoms with van der Waals surface area (Å²) in [6, 6.07) is 16.8. The molecule has 8 heteroatoms. The van der Waals surface area contributed by atoms with E-state index in [2.05, 4.69) is 4.74 Å². The number of ether oxygens (including phenoxy) is 1. The van der Waals surface area contributed by atoms with Gasteiger partial charge in [-0.1, -0.05) is 60.7 Å². The Morgan fingerprint density at radius 1 is 0.818 bits per heavy atom. The first-order valence-corrected chi connectivity index (χ1v) is 9.65. The Kier molecular flexibility index (Phi) is 7.26. The molecule has 0 amide bonds. The van der Waals surface area contributed by atoms with E-state index in [0.29, 0.717) is 17.5 Å². The minimum atomic E-state index is -4.94. The van der Waals surface area contributed by atoms with Crippen molar-refractivity contribution in [1.82, 2.24) is 0 Å². The van der Waals surface area contributed by atoms with Crippen molar-refractivity contribution in [3.05, 3.63) is 113 Å². The van der Waals surface area contributed by atoms with Crippen molar-refractivity contribution in [2.24, 2.45) is 0 Å². The lowest BCUT2D eigenvalue weighted by atomic mass is 10.0. The minimum Gasteiger partial charge on any atom is -0.406 e. The Morgan fingerprint density at radius 2 is 1.48 bits per heavy atom. The van der Waals surface area contributed by atoms with Crippen LogP contribution in [0.1, 0.15) is 22.3 Å². The number of allylic oxidation sites excluding steroid dienone is 3. The summed E-state index contributed by atoms with van der Waals surface area (Å²) in [4.78, 5) is 0. The quantitative estimate of drug-likeness (QED) is 0.264. The molecule has 3 rings (SSSR count). The molecular weight excluding hydrogens is 449 g/mol. The monoisotopic (exact) mass is 466 g/mol. The molecule has 33 heavy (non-hydrogen) atoms. The van der Waals surface area contributed by atoms with E-state index >= 15 is 0 Å². The van der Waals surface area contributed by atoms with E-state index in [1.54, 1.807) is 6.07 Å². The van der Waals surface area contributed by atoms with Crippen molar-refractivity contribution >= 4 is 11.6 Å². The molecule has 0 aliphatic carbocycles. The molecule has 3 aromatic carbocycles. The first-order chi connectivity index (χ1) is 15.5. The molecule has 172 valence electrons. The van der Waals surface area contributed by atoms with E-state index in [4.69, 9.17) is 0 Å². The summed E-state index contributed by atoms with van der Waals surface area (Å²) in [5.41, 5.74) is 0.391. The van der Waals surface area contributed by atoms with Crippen molar-refractivity contribution in [2.75, 3.05) is 0 Å². The molecule has 3 aromatic rings. The van der Waals surface area contributed by atoms with Crippen molar-refractivity contribution in [1.29, 1.82) is 0 Å². The molecule has 0 fully saturated rings. The maximum absolute atomic E-state index is 14.2. The summed E-state index contributed by atoms with van der Waals surface area (Å²) in [6.07, 6.45) is -6.02. The second-order valence-electron chi connectivity index (χ2n) is 7.02. The second-order valence-corrected chi connectivity index (χ2v) is 7.02. The molecule has 0 radical (unpaired) electrons. The van der Waals surface area contributed by atoms with E-state index in [-0.39, 0.29) is 5.56 Å². The van der Waals surface area contributed by atoms with Gasteiger partial charge in [0.2, 0.25) is 0 Å².